The molecule has 0 bridgehead atoms. The number of anilines is 4. The smallest absolute Gasteiger partial charge is 0.233 e. The van der Waals surface area contributed by atoms with E-state index in [-0.39, 0.29) is 11.5 Å². The maximum atomic E-state index is 9.50. The monoisotopic (exact) mass is 290 g/mol. The Morgan fingerprint density at radius 3 is 1.90 bits per heavy atom. The SMILES string of the molecule is CN(C)c1nc(Nc2ccc(O)c(O)c2)nc(N(C)C)n1. The fourth-order valence-electron chi connectivity index (χ4n) is 1.54. The van der Waals surface area contributed by atoms with Gasteiger partial charge in [0.25, 0.3) is 0 Å². The molecule has 2 aromatic rings. The zero-order valence-corrected chi connectivity index (χ0v) is 12.4. The predicted octanol–water partition coefficient (Wildman–Crippen LogP) is 1.16. The van der Waals surface area contributed by atoms with E-state index in [1.54, 1.807) is 15.9 Å². The van der Waals surface area contributed by atoms with E-state index in [2.05, 4.69) is 20.3 Å². The lowest BCUT2D eigenvalue weighted by Crippen LogP contribution is -2.19. The third-order valence-corrected chi connectivity index (χ3v) is 2.64. The summed E-state index contributed by atoms with van der Waals surface area (Å²) in [6.07, 6.45) is 0. The molecule has 1 aromatic heterocycles. The second kappa shape index (κ2) is 5.70. The minimum absolute atomic E-state index is 0.181. The zero-order valence-electron chi connectivity index (χ0n) is 12.4. The van der Waals surface area contributed by atoms with Crippen molar-refractivity contribution < 1.29 is 10.2 Å². The highest BCUT2D eigenvalue weighted by Gasteiger charge is 2.10. The van der Waals surface area contributed by atoms with E-state index in [9.17, 15) is 10.2 Å². The van der Waals surface area contributed by atoms with Gasteiger partial charge in [0.1, 0.15) is 0 Å². The Kier molecular flexibility index (Phi) is 3.97. The first-order chi connectivity index (χ1) is 9.86. The van der Waals surface area contributed by atoms with Crippen LogP contribution in [0.15, 0.2) is 18.2 Å². The lowest BCUT2D eigenvalue weighted by molar-refractivity contribution is 0.404. The highest BCUT2D eigenvalue weighted by atomic mass is 16.3. The molecule has 0 fully saturated rings. The van der Waals surface area contributed by atoms with E-state index in [1.165, 1.54) is 12.1 Å². The van der Waals surface area contributed by atoms with Crippen LogP contribution in [0.1, 0.15) is 0 Å². The average molecular weight is 290 g/mol. The van der Waals surface area contributed by atoms with Crippen molar-refractivity contribution in [1.82, 2.24) is 15.0 Å². The molecule has 8 nitrogen and oxygen atoms in total. The maximum absolute atomic E-state index is 9.50. The molecule has 1 aromatic carbocycles. The van der Waals surface area contributed by atoms with E-state index in [4.69, 9.17) is 0 Å². The summed E-state index contributed by atoms with van der Waals surface area (Å²) in [6, 6.07) is 4.39. The molecule has 0 unspecified atom stereocenters. The number of aromatic hydroxyl groups is 2. The van der Waals surface area contributed by atoms with Gasteiger partial charge < -0.3 is 25.3 Å². The molecule has 0 radical (unpaired) electrons. The summed E-state index contributed by atoms with van der Waals surface area (Å²) in [5.74, 6) is 0.981. The van der Waals surface area contributed by atoms with E-state index in [1.807, 2.05) is 28.2 Å². The normalized spacial score (nSPS) is 10.3. The molecular formula is C13H18N6O2. The van der Waals surface area contributed by atoms with Crippen molar-refractivity contribution in [1.29, 1.82) is 0 Å². The molecule has 0 aliphatic heterocycles. The minimum atomic E-state index is -0.213. The summed E-state index contributed by atoms with van der Waals surface area (Å²) in [7, 11) is 7.35. The summed E-state index contributed by atoms with van der Waals surface area (Å²) >= 11 is 0. The summed E-state index contributed by atoms with van der Waals surface area (Å²) in [5, 5.41) is 21.8. The highest BCUT2D eigenvalue weighted by molar-refractivity contribution is 5.60. The van der Waals surface area contributed by atoms with Crippen molar-refractivity contribution in [2.24, 2.45) is 0 Å². The number of aromatic nitrogens is 3. The Morgan fingerprint density at radius 1 is 0.857 bits per heavy atom. The Morgan fingerprint density at radius 2 is 1.43 bits per heavy atom. The second-order valence-corrected chi connectivity index (χ2v) is 4.88. The van der Waals surface area contributed by atoms with Gasteiger partial charge in [0, 0.05) is 39.9 Å². The van der Waals surface area contributed by atoms with Crippen LogP contribution in [0.25, 0.3) is 0 Å². The van der Waals surface area contributed by atoms with Gasteiger partial charge in [0.15, 0.2) is 11.5 Å². The summed E-state index contributed by atoms with van der Waals surface area (Å²) in [5.41, 5.74) is 0.561. The molecule has 0 spiro atoms. The standard InChI is InChI=1S/C13H18N6O2/c1-18(2)12-15-11(16-13(17-12)19(3)4)14-8-5-6-9(20)10(21)7-8/h5-7,20-21H,1-4H3,(H,14,15,16,17). The fraction of sp³-hybridized carbons (Fsp3) is 0.308. The van der Waals surface area contributed by atoms with Crippen molar-refractivity contribution in [2.45, 2.75) is 0 Å². The molecule has 1 heterocycles. The number of nitrogens with one attached hydrogen (secondary N) is 1. The highest BCUT2D eigenvalue weighted by Crippen LogP contribution is 2.28. The quantitative estimate of drug-likeness (QED) is 0.570. The Hall–Kier alpha value is -2.77. The Labute approximate surface area is 122 Å². The topological polar surface area (TPSA) is 97.6 Å². The first-order valence-corrected chi connectivity index (χ1v) is 6.26. The van der Waals surface area contributed by atoms with Gasteiger partial charge in [-0.05, 0) is 12.1 Å². The van der Waals surface area contributed by atoms with Crippen molar-refractivity contribution in [3.8, 4) is 11.5 Å². The first kappa shape index (κ1) is 14.6. The molecule has 8 heteroatoms. The van der Waals surface area contributed by atoms with Crippen LogP contribution >= 0.6 is 0 Å². The largest absolute Gasteiger partial charge is 0.504 e. The van der Waals surface area contributed by atoms with Crippen LogP contribution in [-0.2, 0) is 0 Å². The Bertz CT molecular complexity index is 618. The minimum Gasteiger partial charge on any atom is -0.504 e. The van der Waals surface area contributed by atoms with Crippen molar-refractivity contribution in [2.75, 3.05) is 43.3 Å². The summed E-state index contributed by atoms with van der Waals surface area (Å²) in [4.78, 5) is 16.4. The summed E-state index contributed by atoms with van der Waals surface area (Å²) in [6.45, 7) is 0. The number of hydrogen-bond acceptors (Lipinski definition) is 8. The number of nitrogens with zero attached hydrogens (tertiary/aromatic N) is 5. The third-order valence-electron chi connectivity index (χ3n) is 2.64. The molecule has 0 saturated carbocycles. The van der Waals surface area contributed by atoms with Crippen LogP contribution in [0.5, 0.6) is 11.5 Å². The lowest BCUT2D eigenvalue weighted by Gasteiger charge is -2.16. The first-order valence-electron chi connectivity index (χ1n) is 6.26. The molecule has 0 saturated heterocycles. The van der Waals surface area contributed by atoms with Crippen LogP contribution in [0.3, 0.4) is 0 Å². The lowest BCUT2D eigenvalue weighted by atomic mass is 10.3. The number of phenolic OH excluding ortho intramolecular Hbond substituents is 2. The molecule has 3 N–H and O–H groups in total. The van der Waals surface area contributed by atoms with E-state index >= 15 is 0 Å². The van der Waals surface area contributed by atoms with Crippen LogP contribution in [0, 0.1) is 0 Å². The van der Waals surface area contributed by atoms with Gasteiger partial charge in [-0.1, -0.05) is 0 Å². The van der Waals surface area contributed by atoms with Crippen molar-refractivity contribution >= 4 is 23.5 Å². The molecule has 2 rings (SSSR count). The van der Waals surface area contributed by atoms with E-state index in [0.29, 0.717) is 23.5 Å². The van der Waals surface area contributed by atoms with Gasteiger partial charge >= 0.3 is 0 Å². The van der Waals surface area contributed by atoms with Gasteiger partial charge in [-0.2, -0.15) is 15.0 Å². The number of rotatable bonds is 4. The van der Waals surface area contributed by atoms with Gasteiger partial charge in [0.05, 0.1) is 0 Å². The van der Waals surface area contributed by atoms with Crippen LogP contribution in [0.4, 0.5) is 23.5 Å². The third kappa shape index (κ3) is 3.41. The number of phenols is 2. The molecule has 0 amide bonds. The summed E-state index contributed by atoms with van der Waals surface area (Å²) < 4.78 is 0. The predicted molar refractivity (Wildman–Crippen MR) is 81.5 cm³/mol. The molecule has 0 aliphatic rings. The fourth-order valence-corrected chi connectivity index (χ4v) is 1.54. The molecular weight excluding hydrogens is 272 g/mol. The van der Waals surface area contributed by atoms with Crippen LogP contribution in [0.2, 0.25) is 0 Å². The zero-order chi connectivity index (χ0) is 15.6. The number of hydrogen-bond donors (Lipinski definition) is 3. The number of benzene rings is 1. The van der Waals surface area contributed by atoms with Crippen molar-refractivity contribution in [3.63, 3.8) is 0 Å². The average Bonchev–Trinajstić information content (AvgIpc) is 2.42. The van der Waals surface area contributed by atoms with Crippen LogP contribution < -0.4 is 15.1 Å². The maximum Gasteiger partial charge on any atom is 0.233 e. The molecule has 0 atom stereocenters. The van der Waals surface area contributed by atoms with Gasteiger partial charge in [0.2, 0.25) is 17.8 Å². The molecule has 0 aliphatic carbocycles. The van der Waals surface area contributed by atoms with Gasteiger partial charge in [-0.15, -0.1) is 0 Å². The molecule has 112 valence electrons. The van der Waals surface area contributed by atoms with E-state index < -0.39 is 0 Å². The van der Waals surface area contributed by atoms with Gasteiger partial charge in [-0.3, -0.25) is 0 Å². The Balaban J connectivity index is 2.36. The van der Waals surface area contributed by atoms with Crippen LogP contribution in [-0.4, -0.2) is 53.4 Å². The van der Waals surface area contributed by atoms with Gasteiger partial charge in [-0.25, -0.2) is 0 Å². The molecule has 21 heavy (non-hydrogen) atoms. The van der Waals surface area contributed by atoms with Crippen molar-refractivity contribution in [3.05, 3.63) is 18.2 Å². The second-order valence-electron chi connectivity index (χ2n) is 4.88. The van der Waals surface area contributed by atoms with E-state index in [0.717, 1.165) is 0 Å².